The summed E-state index contributed by atoms with van der Waals surface area (Å²) < 4.78 is 5.12. The summed E-state index contributed by atoms with van der Waals surface area (Å²) in [6, 6.07) is 17.7. The fourth-order valence-corrected chi connectivity index (χ4v) is 2.22. The summed E-state index contributed by atoms with van der Waals surface area (Å²) in [5, 5.41) is 0.802. The number of rotatable bonds is 3. The fraction of sp³-hybridized carbons (Fsp3) is 0.0588. The van der Waals surface area contributed by atoms with Crippen molar-refractivity contribution in [3.63, 3.8) is 0 Å². The number of fused-ring (bicyclic) bond motifs is 1. The van der Waals surface area contributed by atoms with Gasteiger partial charge in [-0.05, 0) is 11.6 Å². The second-order valence-electron chi connectivity index (χ2n) is 4.55. The number of carbonyl (C=O) groups is 1. The van der Waals surface area contributed by atoms with E-state index in [1.165, 1.54) is 6.07 Å². The summed E-state index contributed by atoms with van der Waals surface area (Å²) in [5.74, 6) is -0.0126. The lowest BCUT2D eigenvalue weighted by molar-refractivity contribution is 0.0993. The molecule has 0 unspecified atom stereocenters. The molecule has 3 rings (SSSR count). The van der Waals surface area contributed by atoms with E-state index in [9.17, 15) is 9.59 Å². The number of ketones is 1. The van der Waals surface area contributed by atoms with Gasteiger partial charge in [-0.2, -0.15) is 0 Å². The van der Waals surface area contributed by atoms with Gasteiger partial charge in [0.2, 0.25) is 0 Å². The second-order valence-corrected chi connectivity index (χ2v) is 4.55. The van der Waals surface area contributed by atoms with Gasteiger partial charge >= 0.3 is 5.63 Å². The molecular formula is C17H12O3. The second kappa shape index (κ2) is 5.13. The number of Topliss-reactive ketones (excluding diaryl/α,β-unsaturated/α-hetero) is 1. The van der Waals surface area contributed by atoms with Crippen molar-refractivity contribution in [2.75, 3.05) is 0 Å². The molecule has 0 fully saturated rings. The lowest BCUT2D eigenvalue weighted by Gasteiger charge is -2.04. The Morgan fingerprint density at radius 3 is 2.45 bits per heavy atom. The van der Waals surface area contributed by atoms with Gasteiger partial charge in [0.05, 0.1) is 0 Å². The third-order valence-electron chi connectivity index (χ3n) is 3.18. The van der Waals surface area contributed by atoms with Crippen LogP contribution in [0.2, 0.25) is 0 Å². The molecule has 98 valence electrons. The number of hydrogen-bond donors (Lipinski definition) is 0. The van der Waals surface area contributed by atoms with Crippen LogP contribution in [-0.4, -0.2) is 5.78 Å². The molecule has 2 aromatic carbocycles. The summed E-state index contributed by atoms with van der Waals surface area (Å²) >= 11 is 0. The maximum absolute atomic E-state index is 12.2. The summed E-state index contributed by atoms with van der Waals surface area (Å²) in [6.07, 6.45) is 0.191. The van der Waals surface area contributed by atoms with E-state index in [1.807, 2.05) is 30.3 Å². The smallest absolute Gasteiger partial charge is 0.336 e. The van der Waals surface area contributed by atoms with Crippen molar-refractivity contribution in [1.82, 2.24) is 0 Å². The largest absolute Gasteiger partial charge is 0.423 e. The maximum atomic E-state index is 12.2. The van der Waals surface area contributed by atoms with E-state index in [2.05, 4.69) is 0 Å². The molecule has 3 aromatic rings. The summed E-state index contributed by atoms with van der Waals surface area (Å²) in [6.45, 7) is 0. The molecule has 0 N–H and O–H groups in total. The number of para-hydroxylation sites is 1. The van der Waals surface area contributed by atoms with Crippen LogP contribution in [-0.2, 0) is 6.42 Å². The van der Waals surface area contributed by atoms with Crippen LogP contribution in [0.15, 0.2) is 69.9 Å². The average molecular weight is 264 g/mol. The van der Waals surface area contributed by atoms with Crippen molar-refractivity contribution >= 4 is 16.8 Å². The molecule has 3 nitrogen and oxygen atoms in total. The monoisotopic (exact) mass is 264 g/mol. The molecule has 0 saturated carbocycles. The van der Waals surface area contributed by atoms with E-state index in [1.54, 1.807) is 24.3 Å². The van der Waals surface area contributed by atoms with Crippen molar-refractivity contribution in [2.24, 2.45) is 0 Å². The molecule has 0 aliphatic heterocycles. The normalized spacial score (nSPS) is 10.6. The molecule has 0 bridgehead atoms. The first kappa shape index (κ1) is 12.4. The Morgan fingerprint density at radius 2 is 1.65 bits per heavy atom. The number of hydrogen-bond acceptors (Lipinski definition) is 3. The first-order valence-corrected chi connectivity index (χ1v) is 6.34. The van der Waals surface area contributed by atoms with E-state index in [4.69, 9.17) is 4.42 Å². The SMILES string of the molecule is O=C(Cc1cc(=O)oc2ccccc12)c1ccccc1. The van der Waals surface area contributed by atoms with Crippen LogP contribution >= 0.6 is 0 Å². The average Bonchev–Trinajstić information content (AvgIpc) is 2.48. The molecule has 0 aliphatic rings. The van der Waals surface area contributed by atoms with Gasteiger partial charge in [0, 0.05) is 23.4 Å². The molecule has 0 aliphatic carbocycles. The van der Waals surface area contributed by atoms with Crippen molar-refractivity contribution in [2.45, 2.75) is 6.42 Å². The third kappa shape index (κ3) is 2.38. The third-order valence-corrected chi connectivity index (χ3v) is 3.18. The first-order valence-electron chi connectivity index (χ1n) is 6.34. The Morgan fingerprint density at radius 1 is 0.950 bits per heavy atom. The van der Waals surface area contributed by atoms with Crippen molar-refractivity contribution < 1.29 is 9.21 Å². The van der Waals surface area contributed by atoms with E-state index in [0.717, 1.165) is 5.39 Å². The lowest BCUT2D eigenvalue weighted by Crippen LogP contribution is -2.07. The minimum absolute atomic E-state index is 0.0126. The molecule has 0 atom stereocenters. The van der Waals surface area contributed by atoms with Crippen LogP contribution < -0.4 is 5.63 Å². The van der Waals surface area contributed by atoms with Crippen LogP contribution in [0.1, 0.15) is 15.9 Å². The van der Waals surface area contributed by atoms with Crippen LogP contribution in [0, 0.1) is 0 Å². The van der Waals surface area contributed by atoms with Crippen molar-refractivity contribution in [1.29, 1.82) is 0 Å². The molecule has 0 spiro atoms. The molecule has 3 heteroatoms. The summed E-state index contributed by atoms with van der Waals surface area (Å²) in [5.41, 5.74) is 1.42. The molecule has 0 saturated heterocycles. The van der Waals surface area contributed by atoms with Crippen LogP contribution in [0.5, 0.6) is 0 Å². The first-order chi connectivity index (χ1) is 9.74. The maximum Gasteiger partial charge on any atom is 0.336 e. The molecule has 1 aromatic heterocycles. The number of benzene rings is 2. The topological polar surface area (TPSA) is 47.3 Å². The minimum Gasteiger partial charge on any atom is -0.423 e. The molecule has 0 amide bonds. The standard InChI is InChI=1S/C17H12O3/c18-15(12-6-2-1-3-7-12)10-13-11-17(19)20-16-9-5-4-8-14(13)16/h1-9,11H,10H2. The van der Waals surface area contributed by atoms with Gasteiger partial charge < -0.3 is 4.42 Å². The zero-order chi connectivity index (χ0) is 13.9. The lowest BCUT2D eigenvalue weighted by atomic mass is 10.0. The highest BCUT2D eigenvalue weighted by Gasteiger charge is 2.11. The highest BCUT2D eigenvalue weighted by Crippen LogP contribution is 2.18. The minimum atomic E-state index is -0.431. The predicted octanol–water partition coefficient (Wildman–Crippen LogP) is 3.22. The highest BCUT2D eigenvalue weighted by atomic mass is 16.4. The Kier molecular flexibility index (Phi) is 3.17. The van der Waals surface area contributed by atoms with E-state index < -0.39 is 5.63 Å². The molecule has 20 heavy (non-hydrogen) atoms. The zero-order valence-electron chi connectivity index (χ0n) is 10.7. The highest BCUT2D eigenvalue weighted by molar-refractivity contribution is 5.99. The van der Waals surface area contributed by atoms with Gasteiger partial charge in [-0.25, -0.2) is 4.79 Å². The Labute approximate surface area is 115 Å². The van der Waals surface area contributed by atoms with Crippen LogP contribution in [0.3, 0.4) is 0 Å². The van der Waals surface area contributed by atoms with Gasteiger partial charge in [-0.3, -0.25) is 4.79 Å². The van der Waals surface area contributed by atoms with E-state index in [-0.39, 0.29) is 12.2 Å². The Bertz CT molecular complexity index is 816. The van der Waals surface area contributed by atoms with Gasteiger partial charge in [-0.1, -0.05) is 48.5 Å². The van der Waals surface area contributed by atoms with Crippen LogP contribution in [0.4, 0.5) is 0 Å². The van der Waals surface area contributed by atoms with Gasteiger partial charge in [-0.15, -0.1) is 0 Å². The molecule has 0 radical (unpaired) electrons. The van der Waals surface area contributed by atoms with Gasteiger partial charge in [0.25, 0.3) is 0 Å². The molecular weight excluding hydrogens is 252 g/mol. The van der Waals surface area contributed by atoms with Gasteiger partial charge in [0.1, 0.15) is 5.58 Å². The van der Waals surface area contributed by atoms with Crippen molar-refractivity contribution in [3.8, 4) is 0 Å². The Balaban J connectivity index is 2.03. The number of carbonyl (C=O) groups excluding carboxylic acids is 1. The van der Waals surface area contributed by atoms with E-state index in [0.29, 0.717) is 16.7 Å². The quantitative estimate of drug-likeness (QED) is 0.539. The predicted molar refractivity (Wildman–Crippen MR) is 77.0 cm³/mol. The summed E-state index contributed by atoms with van der Waals surface area (Å²) in [7, 11) is 0. The van der Waals surface area contributed by atoms with Crippen LogP contribution in [0.25, 0.3) is 11.0 Å². The van der Waals surface area contributed by atoms with Gasteiger partial charge in [0.15, 0.2) is 5.78 Å². The zero-order valence-corrected chi connectivity index (χ0v) is 10.7. The van der Waals surface area contributed by atoms with Crippen molar-refractivity contribution in [3.05, 3.63) is 82.2 Å². The summed E-state index contributed by atoms with van der Waals surface area (Å²) in [4.78, 5) is 23.8. The molecule has 1 heterocycles. The Hall–Kier alpha value is -2.68. The fourth-order valence-electron chi connectivity index (χ4n) is 2.22. The van der Waals surface area contributed by atoms with E-state index >= 15 is 0 Å².